The van der Waals surface area contributed by atoms with E-state index < -0.39 is 0 Å². The van der Waals surface area contributed by atoms with Crippen LogP contribution in [0.2, 0.25) is 0 Å². The molecular formula is C12H24. The minimum atomic E-state index is 0.440. The van der Waals surface area contributed by atoms with E-state index in [1.165, 1.54) is 37.7 Å². The highest BCUT2D eigenvalue weighted by Crippen LogP contribution is 2.38. The fourth-order valence-corrected chi connectivity index (χ4v) is 1.94. The first kappa shape index (κ1) is 11.7. The van der Waals surface area contributed by atoms with Gasteiger partial charge in [-0.2, -0.15) is 0 Å². The van der Waals surface area contributed by atoms with E-state index in [0.29, 0.717) is 5.41 Å². The molecule has 0 spiro atoms. The Bertz CT molecular complexity index is 129. The average Bonchev–Trinajstić information content (AvgIpc) is 2.07. The number of allylic oxidation sites excluding steroid dienone is 1. The summed E-state index contributed by atoms with van der Waals surface area (Å²) in [4.78, 5) is 0. The molecule has 0 fully saturated rings. The van der Waals surface area contributed by atoms with Crippen LogP contribution in [0.4, 0.5) is 0 Å². The summed E-state index contributed by atoms with van der Waals surface area (Å²) in [6, 6.07) is 0. The minimum Gasteiger partial charge on any atom is -0.0996 e. The van der Waals surface area contributed by atoms with Crippen LogP contribution < -0.4 is 0 Å². The molecule has 72 valence electrons. The second kappa shape index (κ2) is 5.40. The molecule has 0 rings (SSSR count). The van der Waals surface area contributed by atoms with E-state index in [0.717, 1.165) is 0 Å². The van der Waals surface area contributed by atoms with E-state index in [1.807, 2.05) is 0 Å². The van der Waals surface area contributed by atoms with Gasteiger partial charge in [0.15, 0.2) is 0 Å². The lowest BCUT2D eigenvalue weighted by atomic mass is 9.73. The van der Waals surface area contributed by atoms with Gasteiger partial charge in [0.05, 0.1) is 0 Å². The molecular weight excluding hydrogens is 144 g/mol. The predicted octanol–water partition coefficient (Wildman–Crippen LogP) is 4.56. The zero-order valence-corrected chi connectivity index (χ0v) is 9.24. The van der Waals surface area contributed by atoms with E-state index in [9.17, 15) is 0 Å². The summed E-state index contributed by atoms with van der Waals surface area (Å²) >= 11 is 0. The fraction of sp³-hybridized carbons (Fsp3) is 0.833. The Kier molecular flexibility index (Phi) is 5.28. The summed E-state index contributed by atoms with van der Waals surface area (Å²) in [6.45, 7) is 13.1. The van der Waals surface area contributed by atoms with Crippen LogP contribution in [0.25, 0.3) is 0 Å². The van der Waals surface area contributed by atoms with Crippen molar-refractivity contribution in [3.05, 3.63) is 12.2 Å². The van der Waals surface area contributed by atoms with Gasteiger partial charge in [-0.15, -0.1) is 0 Å². The molecule has 0 saturated heterocycles. The zero-order chi connectivity index (χ0) is 9.61. The van der Waals surface area contributed by atoms with Crippen molar-refractivity contribution < 1.29 is 0 Å². The molecule has 0 amide bonds. The van der Waals surface area contributed by atoms with E-state index in [-0.39, 0.29) is 0 Å². The highest BCUT2D eigenvalue weighted by atomic mass is 14.3. The standard InChI is InChI=1S/C12H24/c1-6-9-10-12(7-2,8-3)11(4)5/h4,6-10H2,1-3,5H3. The van der Waals surface area contributed by atoms with Crippen molar-refractivity contribution in [2.24, 2.45) is 5.41 Å². The van der Waals surface area contributed by atoms with Gasteiger partial charge in [-0.1, -0.05) is 45.8 Å². The van der Waals surface area contributed by atoms with Gasteiger partial charge >= 0.3 is 0 Å². The van der Waals surface area contributed by atoms with Crippen molar-refractivity contribution in [1.82, 2.24) is 0 Å². The van der Waals surface area contributed by atoms with Crippen molar-refractivity contribution in [3.8, 4) is 0 Å². The molecule has 12 heavy (non-hydrogen) atoms. The Morgan fingerprint density at radius 1 is 1.17 bits per heavy atom. The maximum Gasteiger partial charge on any atom is -0.00988 e. The number of hydrogen-bond donors (Lipinski definition) is 0. The van der Waals surface area contributed by atoms with Gasteiger partial charge in [0, 0.05) is 0 Å². The lowest BCUT2D eigenvalue weighted by molar-refractivity contribution is 0.292. The Hall–Kier alpha value is -0.260. The Morgan fingerprint density at radius 2 is 1.67 bits per heavy atom. The first-order valence-corrected chi connectivity index (χ1v) is 5.29. The van der Waals surface area contributed by atoms with Crippen LogP contribution >= 0.6 is 0 Å². The Balaban J connectivity index is 4.25. The average molecular weight is 168 g/mol. The van der Waals surface area contributed by atoms with Crippen molar-refractivity contribution in [2.75, 3.05) is 0 Å². The van der Waals surface area contributed by atoms with Crippen LogP contribution in [0.3, 0.4) is 0 Å². The van der Waals surface area contributed by atoms with E-state index in [4.69, 9.17) is 0 Å². The van der Waals surface area contributed by atoms with Crippen LogP contribution in [-0.4, -0.2) is 0 Å². The molecule has 0 atom stereocenters. The molecule has 0 heteroatoms. The summed E-state index contributed by atoms with van der Waals surface area (Å²) < 4.78 is 0. The highest BCUT2D eigenvalue weighted by molar-refractivity contribution is 5.06. The largest absolute Gasteiger partial charge is 0.0996 e. The molecule has 0 N–H and O–H groups in total. The third-order valence-corrected chi connectivity index (χ3v) is 3.27. The summed E-state index contributed by atoms with van der Waals surface area (Å²) in [6.07, 6.45) is 6.47. The summed E-state index contributed by atoms with van der Waals surface area (Å²) in [5.74, 6) is 0. The molecule has 0 saturated carbocycles. The van der Waals surface area contributed by atoms with Crippen LogP contribution in [0, 0.1) is 5.41 Å². The Morgan fingerprint density at radius 3 is 1.92 bits per heavy atom. The van der Waals surface area contributed by atoms with E-state index >= 15 is 0 Å². The smallest absolute Gasteiger partial charge is 0.00988 e. The highest BCUT2D eigenvalue weighted by Gasteiger charge is 2.25. The quantitative estimate of drug-likeness (QED) is 0.510. The van der Waals surface area contributed by atoms with Crippen molar-refractivity contribution in [2.45, 2.75) is 59.8 Å². The van der Waals surface area contributed by atoms with Crippen molar-refractivity contribution >= 4 is 0 Å². The molecule has 0 bridgehead atoms. The second-order valence-corrected chi connectivity index (χ2v) is 3.87. The molecule has 0 heterocycles. The molecule has 0 nitrogen and oxygen atoms in total. The van der Waals surface area contributed by atoms with Crippen LogP contribution in [-0.2, 0) is 0 Å². The molecule has 0 aromatic rings. The summed E-state index contributed by atoms with van der Waals surface area (Å²) in [5, 5.41) is 0. The topological polar surface area (TPSA) is 0 Å². The van der Waals surface area contributed by atoms with Gasteiger partial charge in [0.2, 0.25) is 0 Å². The second-order valence-electron chi connectivity index (χ2n) is 3.87. The molecule has 0 aliphatic heterocycles. The fourth-order valence-electron chi connectivity index (χ4n) is 1.94. The van der Waals surface area contributed by atoms with Gasteiger partial charge in [-0.25, -0.2) is 0 Å². The maximum absolute atomic E-state index is 4.12. The van der Waals surface area contributed by atoms with Crippen LogP contribution in [0.5, 0.6) is 0 Å². The zero-order valence-electron chi connectivity index (χ0n) is 9.24. The Labute approximate surface area is 78.1 Å². The minimum absolute atomic E-state index is 0.440. The van der Waals surface area contributed by atoms with Gasteiger partial charge in [-0.05, 0) is 31.6 Å². The third kappa shape index (κ3) is 2.66. The van der Waals surface area contributed by atoms with Crippen molar-refractivity contribution in [3.63, 3.8) is 0 Å². The molecule has 0 aromatic heterocycles. The van der Waals surface area contributed by atoms with E-state index in [1.54, 1.807) is 0 Å². The van der Waals surface area contributed by atoms with Gasteiger partial charge < -0.3 is 0 Å². The maximum atomic E-state index is 4.12. The molecule has 0 radical (unpaired) electrons. The molecule has 0 aromatic carbocycles. The van der Waals surface area contributed by atoms with Gasteiger partial charge in [0.1, 0.15) is 0 Å². The van der Waals surface area contributed by atoms with E-state index in [2.05, 4.69) is 34.3 Å². The third-order valence-electron chi connectivity index (χ3n) is 3.27. The monoisotopic (exact) mass is 168 g/mol. The lowest BCUT2D eigenvalue weighted by Crippen LogP contribution is -2.19. The number of unbranched alkanes of at least 4 members (excludes halogenated alkanes) is 1. The summed E-state index contributed by atoms with van der Waals surface area (Å²) in [5.41, 5.74) is 1.82. The number of hydrogen-bond acceptors (Lipinski definition) is 0. The molecule has 0 unspecified atom stereocenters. The lowest BCUT2D eigenvalue weighted by Gasteiger charge is -2.32. The van der Waals surface area contributed by atoms with Gasteiger partial charge in [0.25, 0.3) is 0 Å². The number of rotatable bonds is 6. The SMILES string of the molecule is C=C(C)C(CC)(CC)CCCC. The first-order valence-electron chi connectivity index (χ1n) is 5.29. The predicted molar refractivity (Wildman–Crippen MR) is 57.4 cm³/mol. The van der Waals surface area contributed by atoms with Crippen molar-refractivity contribution in [1.29, 1.82) is 0 Å². The summed E-state index contributed by atoms with van der Waals surface area (Å²) in [7, 11) is 0. The molecule has 0 aliphatic rings. The normalized spacial score (nSPS) is 11.7. The van der Waals surface area contributed by atoms with Crippen LogP contribution in [0.1, 0.15) is 59.8 Å². The first-order chi connectivity index (χ1) is 5.63. The van der Waals surface area contributed by atoms with Crippen LogP contribution in [0.15, 0.2) is 12.2 Å². The molecule has 0 aliphatic carbocycles. The van der Waals surface area contributed by atoms with Gasteiger partial charge in [-0.3, -0.25) is 0 Å².